The highest BCUT2D eigenvalue weighted by Gasteiger charge is 2.07. The zero-order valence-electron chi connectivity index (χ0n) is 13.8. The minimum Gasteiger partial charge on any atom is -0.385 e. The third-order valence-corrected chi connectivity index (χ3v) is 3.37. The highest BCUT2D eigenvalue weighted by Crippen LogP contribution is 2.16. The first-order chi connectivity index (χ1) is 10.0. The Morgan fingerprint density at radius 3 is 2.57 bits per heavy atom. The second kappa shape index (κ2) is 9.40. The van der Waals surface area contributed by atoms with Gasteiger partial charge in [-0.1, -0.05) is 6.92 Å². The predicted octanol–water partition coefficient (Wildman–Crippen LogP) is 2.89. The van der Waals surface area contributed by atoms with E-state index in [1.165, 1.54) is 0 Å². The van der Waals surface area contributed by atoms with Gasteiger partial charge in [-0.3, -0.25) is 4.79 Å². The summed E-state index contributed by atoms with van der Waals surface area (Å²) in [5.41, 5.74) is 2.96. The van der Waals surface area contributed by atoms with Crippen LogP contribution in [0.1, 0.15) is 42.1 Å². The topological polar surface area (TPSA) is 44.4 Å². The van der Waals surface area contributed by atoms with Gasteiger partial charge in [0.1, 0.15) is 0 Å². The van der Waals surface area contributed by atoms with Gasteiger partial charge in [-0.25, -0.2) is 0 Å². The van der Waals surface area contributed by atoms with Crippen LogP contribution in [0.4, 0.5) is 5.69 Å². The molecule has 1 amide bonds. The Bertz CT molecular complexity index is 444. The molecule has 4 heteroatoms. The van der Waals surface area contributed by atoms with Gasteiger partial charge in [-0.2, -0.15) is 0 Å². The molecule has 4 nitrogen and oxygen atoms in total. The Hall–Kier alpha value is -1.55. The molecule has 2 N–H and O–H groups in total. The normalized spacial score (nSPS) is 10.7. The summed E-state index contributed by atoms with van der Waals surface area (Å²) in [6.07, 6.45) is 3.21. The van der Waals surface area contributed by atoms with Crippen LogP contribution < -0.4 is 10.6 Å². The van der Waals surface area contributed by atoms with Crippen molar-refractivity contribution in [3.05, 3.63) is 29.3 Å². The maximum Gasteiger partial charge on any atom is 0.251 e. The van der Waals surface area contributed by atoms with Crippen LogP contribution in [0.25, 0.3) is 0 Å². The second-order valence-corrected chi connectivity index (χ2v) is 5.72. The predicted molar refractivity (Wildman–Crippen MR) is 90.1 cm³/mol. The van der Waals surface area contributed by atoms with Gasteiger partial charge in [-0.05, 0) is 70.6 Å². The van der Waals surface area contributed by atoms with Crippen molar-refractivity contribution in [3.63, 3.8) is 0 Å². The maximum absolute atomic E-state index is 12.1. The smallest absolute Gasteiger partial charge is 0.251 e. The highest BCUT2D eigenvalue weighted by atomic mass is 16.1. The molecule has 0 saturated carbocycles. The molecular formula is C17H29N3O. The van der Waals surface area contributed by atoms with E-state index in [1.54, 1.807) is 0 Å². The minimum atomic E-state index is 0.0185. The van der Waals surface area contributed by atoms with Gasteiger partial charge in [0.15, 0.2) is 0 Å². The van der Waals surface area contributed by atoms with Crippen molar-refractivity contribution in [2.75, 3.05) is 39.0 Å². The number of unbranched alkanes of at least 4 members (excludes halogenated alkanes) is 1. The zero-order chi connectivity index (χ0) is 15.7. The molecule has 0 heterocycles. The molecular weight excluding hydrogens is 262 g/mol. The lowest BCUT2D eigenvalue weighted by molar-refractivity contribution is 0.0952. The van der Waals surface area contributed by atoms with Crippen LogP contribution in [0.3, 0.4) is 0 Å². The average Bonchev–Trinajstić information content (AvgIpc) is 2.45. The van der Waals surface area contributed by atoms with Crippen molar-refractivity contribution in [2.45, 2.75) is 33.1 Å². The number of aryl methyl sites for hydroxylation is 1. The van der Waals surface area contributed by atoms with Crippen LogP contribution in [0.15, 0.2) is 18.2 Å². The molecule has 0 aliphatic carbocycles. The van der Waals surface area contributed by atoms with E-state index in [0.717, 1.165) is 55.7 Å². The van der Waals surface area contributed by atoms with E-state index in [4.69, 9.17) is 0 Å². The molecule has 0 radical (unpaired) electrons. The molecule has 0 aromatic heterocycles. The fourth-order valence-electron chi connectivity index (χ4n) is 2.12. The standard InChI is InChI=1S/C17H29N3O/c1-5-10-18-16-9-8-15(13-14(16)2)17(21)19-11-6-7-12-20(3)4/h8-9,13,18H,5-7,10-12H2,1-4H3,(H,19,21). The van der Waals surface area contributed by atoms with Crippen LogP contribution in [0.5, 0.6) is 0 Å². The van der Waals surface area contributed by atoms with Crippen LogP contribution in [-0.4, -0.2) is 44.5 Å². The number of hydrogen-bond acceptors (Lipinski definition) is 3. The van der Waals surface area contributed by atoms with E-state index in [1.807, 2.05) is 25.1 Å². The Balaban J connectivity index is 2.42. The summed E-state index contributed by atoms with van der Waals surface area (Å²) in [6.45, 7) is 6.93. The molecule has 0 bridgehead atoms. The molecule has 1 rings (SSSR count). The molecule has 0 aliphatic heterocycles. The lowest BCUT2D eigenvalue weighted by atomic mass is 10.1. The maximum atomic E-state index is 12.1. The summed E-state index contributed by atoms with van der Waals surface area (Å²) < 4.78 is 0. The molecule has 0 spiro atoms. The number of rotatable bonds is 9. The van der Waals surface area contributed by atoms with Crippen molar-refractivity contribution >= 4 is 11.6 Å². The average molecular weight is 291 g/mol. The van der Waals surface area contributed by atoms with Gasteiger partial charge in [0.2, 0.25) is 0 Å². The van der Waals surface area contributed by atoms with Crippen molar-refractivity contribution in [2.24, 2.45) is 0 Å². The lowest BCUT2D eigenvalue weighted by Gasteiger charge is -2.11. The Morgan fingerprint density at radius 2 is 1.95 bits per heavy atom. The fourth-order valence-corrected chi connectivity index (χ4v) is 2.12. The molecule has 0 unspecified atom stereocenters. The van der Waals surface area contributed by atoms with Crippen LogP contribution in [-0.2, 0) is 0 Å². The first-order valence-corrected chi connectivity index (χ1v) is 7.82. The largest absolute Gasteiger partial charge is 0.385 e. The molecule has 0 aliphatic rings. The zero-order valence-corrected chi connectivity index (χ0v) is 13.8. The summed E-state index contributed by atoms with van der Waals surface area (Å²) in [6, 6.07) is 5.83. The number of anilines is 1. The molecule has 0 fully saturated rings. The van der Waals surface area contributed by atoms with E-state index in [9.17, 15) is 4.79 Å². The third kappa shape index (κ3) is 6.63. The number of carbonyl (C=O) groups excluding carboxylic acids is 1. The summed E-state index contributed by atoms with van der Waals surface area (Å²) in [7, 11) is 4.13. The van der Waals surface area contributed by atoms with E-state index >= 15 is 0 Å². The fraction of sp³-hybridized carbons (Fsp3) is 0.588. The van der Waals surface area contributed by atoms with Crippen molar-refractivity contribution < 1.29 is 4.79 Å². The summed E-state index contributed by atoms with van der Waals surface area (Å²) in [5, 5.41) is 6.35. The van der Waals surface area contributed by atoms with Crippen LogP contribution >= 0.6 is 0 Å². The first-order valence-electron chi connectivity index (χ1n) is 7.82. The molecule has 21 heavy (non-hydrogen) atoms. The van der Waals surface area contributed by atoms with Crippen LogP contribution in [0.2, 0.25) is 0 Å². The number of hydrogen-bond donors (Lipinski definition) is 2. The molecule has 1 aromatic rings. The molecule has 118 valence electrons. The number of nitrogens with one attached hydrogen (secondary N) is 2. The minimum absolute atomic E-state index is 0.0185. The van der Waals surface area contributed by atoms with Crippen LogP contribution in [0, 0.1) is 6.92 Å². The number of nitrogens with zero attached hydrogens (tertiary/aromatic N) is 1. The highest BCUT2D eigenvalue weighted by molar-refractivity contribution is 5.94. The quantitative estimate of drug-likeness (QED) is 0.688. The molecule has 0 saturated heterocycles. The summed E-state index contributed by atoms with van der Waals surface area (Å²) in [4.78, 5) is 14.2. The lowest BCUT2D eigenvalue weighted by Crippen LogP contribution is -2.25. The SMILES string of the molecule is CCCNc1ccc(C(=O)NCCCCN(C)C)cc1C. The van der Waals surface area contributed by atoms with Crippen molar-refractivity contribution in [3.8, 4) is 0 Å². The van der Waals surface area contributed by atoms with E-state index in [-0.39, 0.29) is 5.91 Å². The van der Waals surface area contributed by atoms with Gasteiger partial charge in [-0.15, -0.1) is 0 Å². The number of carbonyl (C=O) groups is 1. The van der Waals surface area contributed by atoms with E-state index in [0.29, 0.717) is 0 Å². The van der Waals surface area contributed by atoms with Crippen molar-refractivity contribution in [1.29, 1.82) is 0 Å². The monoisotopic (exact) mass is 291 g/mol. The second-order valence-electron chi connectivity index (χ2n) is 5.72. The number of amides is 1. The van der Waals surface area contributed by atoms with E-state index < -0.39 is 0 Å². The Morgan fingerprint density at radius 1 is 1.19 bits per heavy atom. The van der Waals surface area contributed by atoms with Gasteiger partial charge in [0, 0.05) is 24.3 Å². The van der Waals surface area contributed by atoms with Gasteiger partial charge >= 0.3 is 0 Å². The number of benzene rings is 1. The third-order valence-electron chi connectivity index (χ3n) is 3.37. The Kier molecular flexibility index (Phi) is 7.83. The van der Waals surface area contributed by atoms with Gasteiger partial charge < -0.3 is 15.5 Å². The first kappa shape index (κ1) is 17.5. The summed E-state index contributed by atoms with van der Waals surface area (Å²) in [5.74, 6) is 0.0185. The van der Waals surface area contributed by atoms with Crippen molar-refractivity contribution in [1.82, 2.24) is 10.2 Å². The molecule has 0 atom stereocenters. The molecule has 1 aromatic carbocycles. The van der Waals surface area contributed by atoms with E-state index in [2.05, 4.69) is 36.6 Å². The Labute approximate surface area is 128 Å². The van der Waals surface area contributed by atoms with Gasteiger partial charge in [0.25, 0.3) is 5.91 Å². The summed E-state index contributed by atoms with van der Waals surface area (Å²) >= 11 is 0. The van der Waals surface area contributed by atoms with Gasteiger partial charge in [0.05, 0.1) is 0 Å².